The Morgan fingerprint density at radius 3 is 1.88 bits per heavy atom. The summed E-state index contributed by atoms with van der Waals surface area (Å²) in [5.41, 5.74) is 16.1. The molecule has 3 heteroatoms. The highest BCUT2D eigenvalue weighted by Crippen LogP contribution is 2.58. The van der Waals surface area contributed by atoms with Crippen LogP contribution in [0.1, 0.15) is 35.1 Å². The Balaban J connectivity index is 1.13. The third-order valence-corrected chi connectivity index (χ3v) is 12.5. The number of para-hydroxylation sites is 3. The second-order valence-electron chi connectivity index (χ2n) is 15.5. The molecule has 0 aliphatic heterocycles. The van der Waals surface area contributed by atoms with Gasteiger partial charge in [-0.3, -0.25) is 0 Å². The van der Waals surface area contributed by atoms with Crippen molar-refractivity contribution < 1.29 is 4.42 Å². The van der Waals surface area contributed by atoms with Crippen LogP contribution in [0.3, 0.4) is 0 Å². The van der Waals surface area contributed by atoms with Crippen molar-refractivity contribution in [2.24, 2.45) is 0 Å². The number of anilines is 3. The van der Waals surface area contributed by atoms with E-state index in [1.807, 2.05) is 6.07 Å². The molecule has 0 fully saturated rings. The minimum atomic E-state index is -0.471. The van der Waals surface area contributed by atoms with E-state index in [4.69, 9.17) is 4.42 Å². The fourth-order valence-electron chi connectivity index (χ4n) is 10.1. The summed E-state index contributed by atoms with van der Waals surface area (Å²) in [7, 11) is 0. The van der Waals surface area contributed by atoms with Crippen molar-refractivity contribution in [3.8, 4) is 5.69 Å². The molecule has 2 aliphatic rings. The van der Waals surface area contributed by atoms with Crippen molar-refractivity contribution in [2.45, 2.75) is 18.3 Å². The maximum absolute atomic E-state index is 6.54. The average molecular weight is 743 g/mol. The molecule has 3 nitrogen and oxygen atoms in total. The smallest absolute Gasteiger partial charge is 0.137 e. The number of rotatable bonds is 6. The number of aromatic nitrogens is 1. The first-order chi connectivity index (χ1) is 28.8. The van der Waals surface area contributed by atoms with Crippen LogP contribution < -0.4 is 4.90 Å². The van der Waals surface area contributed by atoms with E-state index >= 15 is 0 Å². The molecule has 0 radical (unpaired) electrons. The molecule has 0 amide bonds. The van der Waals surface area contributed by atoms with Crippen LogP contribution in [0.25, 0.3) is 55.0 Å². The van der Waals surface area contributed by atoms with E-state index in [1.165, 1.54) is 55.2 Å². The van der Waals surface area contributed by atoms with Crippen molar-refractivity contribution in [2.75, 3.05) is 4.90 Å². The van der Waals surface area contributed by atoms with Gasteiger partial charge in [0.1, 0.15) is 11.2 Å². The molecule has 2 heterocycles. The first kappa shape index (κ1) is 32.8. The zero-order valence-electron chi connectivity index (χ0n) is 31.8. The number of hydrogen-bond acceptors (Lipinski definition) is 2. The number of allylic oxidation sites excluding steroid dienone is 4. The lowest BCUT2D eigenvalue weighted by Crippen LogP contribution is -2.29. The molecular weight excluding hydrogens is 705 g/mol. The van der Waals surface area contributed by atoms with E-state index in [-0.39, 0.29) is 0 Å². The van der Waals surface area contributed by atoms with Gasteiger partial charge in [-0.25, -0.2) is 0 Å². The third kappa shape index (κ3) is 4.74. The summed E-state index contributed by atoms with van der Waals surface area (Å²) in [6.07, 6.45) is 6.83. The number of nitrogens with zero attached hydrogens (tertiary/aromatic N) is 2. The van der Waals surface area contributed by atoms with Crippen LogP contribution in [0.5, 0.6) is 0 Å². The van der Waals surface area contributed by atoms with Gasteiger partial charge >= 0.3 is 0 Å². The summed E-state index contributed by atoms with van der Waals surface area (Å²) in [5, 5.41) is 4.67. The molecular formula is C55H38N2O. The van der Waals surface area contributed by atoms with Crippen LogP contribution in [-0.2, 0) is 5.41 Å². The van der Waals surface area contributed by atoms with Crippen molar-refractivity contribution in [3.05, 3.63) is 234 Å². The van der Waals surface area contributed by atoms with Crippen LogP contribution in [-0.4, -0.2) is 4.57 Å². The minimum Gasteiger partial charge on any atom is -0.456 e. The summed E-state index contributed by atoms with van der Waals surface area (Å²) >= 11 is 0. The van der Waals surface area contributed by atoms with Gasteiger partial charge in [0.15, 0.2) is 0 Å². The Morgan fingerprint density at radius 1 is 0.483 bits per heavy atom. The first-order valence-electron chi connectivity index (χ1n) is 20.2. The minimum absolute atomic E-state index is 0.471. The van der Waals surface area contributed by atoms with E-state index in [2.05, 4.69) is 210 Å². The van der Waals surface area contributed by atoms with Crippen LogP contribution in [0.15, 0.2) is 216 Å². The van der Waals surface area contributed by atoms with Crippen LogP contribution >= 0.6 is 0 Å². The van der Waals surface area contributed by atoms with Gasteiger partial charge in [0.2, 0.25) is 0 Å². The number of benzene rings is 8. The standard InChI is InChI=1S/C55H38N2O/c1-4-16-37(17-5-1)55(38-18-6-2-7-19-38)49-25-13-10-22-43(49)44-31-28-41(35-50(44)55)56(42-29-32-47-46-24-12-15-27-53(46)58-54(47)36-42)40-30-33-52-48(34-40)45-23-11-14-26-51(45)57(52)39-20-8-3-9-21-39/h1-9,11-21,23-36H,10,22H2. The lowest BCUT2D eigenvalue weighted by atomic mass is 9.66. The second kappa shape index (κ2) is 12.8. The molecule has 8 aromatic carbocycles. The first-order valence-corrected chi connectivity index (χ1v) is 20.2. The van der Waals surface area contributed by atoms with Crippen LogP contribution in [0.2, 0.25) is 0 Å². The molecule has 0 spiro atoms. The molecule has 0 saturated heterocycles. The highest BCUT2D eigenvalue weighted by atomic mass is 16.3. The van der Waals surface area contributed by atoms with Crippen molar-refractivity contribution >= 4 is 66.4 Å². The lowest BCUT2D eigenvalue weighted by molar-refractivity contribution is 0.669. The van der Waals surface area contributed by atoms with E-state index in [9.17, 15) is 0 Å². The quantitative estimate of drug-likeness (QED) is 0.169. The topological polar surface area (TPSA) is 21.3 Å². The largest absolute Gasteiger partial charge is 0.456 e. The zero-order chi connectivity index (χ0) is 38.2. The van der Waals surface area contributed by atoms with Crippen molar-refractivity contribution in [1.29, 1.82) is 0 Å². The Labute approximate surface area is 337 Å². The number of fused-ring (bicyclic) bond motifs is 8. The van der Waals surface area contributed by atoms with E-state index in [1.54, 1.807) is 0 Å². The second-order valence-corrected chi connectivity index (χ2v) is 15.5. The average Bonchev–Trinajstić information content (AvgIpc) is 3.93. The molecule has 0 N–H and O–H groups in total. The molecule has 274 valence electrons. The maximum Gasteiger partial charge on any atom is 0.137 e. The Hall–Kier alpha value is -7.36. The molecule has 0 bridgehead atoms. The molecule has 0 atom stereocenters. The van der Waals surface area contributed by atoms with Crippen LogP contribution in [0, 0.1) is 0 Å². The fraction of sp³-hybridized carbons (Fsp3) is 0.0545. The Morgan fingerprint density at radius 2 is 1.09 bits per heavy atom. The number of furan rings is 1. The van der Waals surface area contributed by atoms with Crippen molar-refractivity contribution in [3.63, 3.8) is 0 Å². The van der Waals surface area contributed by atoms with Gasteiger partial charge in [0.25, 0.3) is 0 Å². The Bertz CT molecular complexity index is 3240. The van der Waals surface area contributed by atoms with Gasteiger partial charge in [-0.1, -0.05) is 133 Å². The maximum atomic E-state index is 6.54. The Kier molecular flexibility index (Phi) is 7.27. The summed E-state index contributed by atoms with van der Waals surface area (Å²) in [5.74, 6) is 0. The molecule has 12 rings (SSSR count). The summed E-state index contributed by atoms with van der Waals surface area (Å²) < 4.78 is 8.92. The highest BCUT2D eigenvalue weighted by molar-refractivity contribution is 6.11. The van der Waals surface area contributed by atoms with Crippen molar-refractivity contribution in [1.82, 2.24) is 4.57 Å². The summed E-state index contributed by atoms with van der Waals surface area (Å²) in [6, 6.07) is 70.8. The van der Waals surface area contributed by atoms with Gasteiger partial charge in [0.05, 0.1) is 16.4 Å². The predicted octanol–water partition coefficient (Wildman–Crippen LogP) is 14.6. The van der Waals surface area contributed by atoms with Gasteiger partial charge < -0.3 is 13.9 Å². The van der Waals surface area contributed by atoms with E-state index in [0.29, 0.717) is 0 Å². The normalized spacial score (nSPS) is 14.4. The van der Waals surface area contributed by atoms with Gasteiger partial charge in [-0.2, -0.15) is 0 Å². The molecule has 58 heavy (non-hydrogen) atoms. The SMILES string of the molecule is C1=CC2=C(CC1)c1ccc(N(c3ccc4c(c3)oc3ccccc34)c3ccc4c(c3)c3ccccc3n4-c3ccccc3)cc1C2(c1ccccc1)c1ccccc1. The molecule has 2 aliphatic carbocycles. The monoisotopic (exact) mass is 742 g/mol. The highest BCUT2D eigenvalue weighted by Gasteiger charge is 2.47. The molecule has 0 unspecified atom stereocenters. The summed E-state index contributed by atoms with van der Waals surface area (Å²) in [4.78, 5) is 2.43. The number of hydrogen-bond donors (Lipinski definition) is 0. The molecule has 2 aromatic heterocycles. The molecule has 10 aromatic rings. The van der Waals surface area contributed by atoms with Gasteiger partial charge in [0, 0.05) is 50.4 Å². The van der Waals surface area contributed by atoms with Gasteiger partial charge in [-0.05, 0) is 113 Å². The van der Waals surface area contributed by atoms with E-state index < -0.39 is 5.41 Å². The predicted molar refractivity (Wildman–Crippen MR) is 241 cm³/mol. The lowest BCUT2D eigenvalue weighted by Gasteiger charge is -2.36. The fourth-order valence-corrected chi connectivity index (χ4v) is 10.1. The van der Waals surface area contributed by atoms with E-state index in [0.717, 1.165) is 57.5 Å². The molecule has 0 saturated carbocycles. The third-order valence-electron chi connectivity index (χ3n) is 12.5. The van der Waals surface area contributed by atoms with Gasteiger partial charge in [-0.15, -0.1) is 0 Å². The van der Waals surface area contributed by atoms with Crippen LogP contribution in [0.4, 0.5) is 17.1 Å². The zero-order valence-corrected chi connectivity index (χ0v) is 31.8. The summed E-state index contributed by atoms with van der Waals surface area (Å²) in [6.45, 7) is 0.